The summed E-state index contributed by atoms with van der Waals surface area (Å²) >= 11 is 0. The summed E-state index contributed by atoms with van der Waals surface area (Å²) in [6.45, 7) is 1.61. The molecule has 15 heavy (non-hydrogen) atoms. The van der Waals surface area contributed by atoms with Crippen LogP contribution in [0.2, 0.25) is 0 Å². The highest BCUT2D eigenvalue weighted by atomic mass is 16.4. The van der Waals surface area contributed by atoms with Gasteiger partial charge in [0, 0.05) is 0 Å². The van der Waals surface area contributed by atoms with E-state index in [4.69, 9.17) is 9.52 Å². The molecule has 6 nitrogen and oxygen atoms in total. The molecule has 2 amide bonds. The number of hydrogen-bond donors (Lipinski definition) is 3. The van der Waals surface area contributed by atoms with Crippen LogP contribution in [0.25, 0.3) is 0 Å². The van der Waals surface area contributed by atoms with Crippen LogP contribution in [0.15, 0.2) is 22.8 Å². The Labute approximate surface area is 86.3 Å². The third kappa shape index (κ3) is 3.72. The molecule has 0 aromatic carbocycles. The van der Waals surface area contributed by atoms with Gasteiger partial charge in [0.25, 0.3) is 0 Å². The summed E-state index contributed by atoms with van der Waals surface area (Å²) in [5.74, 6) is -0.476. The minimum Gasteiger partial charge on any atom is -0.480 e. The molecule has 0 spiro atoms. The van der Waals surface area contributed by atoms with Crippen molar-refractivity contribution in [3.8, 4) is 0 Å². The summed E-state index contributed by atoms with van der Waals surface area (Å²) in [4.78, 5) is 21.5. The van der Waals surface area contributed by atoms with E-state index >= 15 is 0 Å². The quantitative estimate of drug-likeness (QED) is 0.679. The van der Waals surface area contributed by atoms with Gasteiger partial charge in [-0.15, -0.1) is 0 Å². The lowest BCUT2D eigenvalue weighted by atomic mass is 10.3. The van der Waals surface area contributed by atoms with Gasteiger partial charge in [-0.1, -0.05) is 0 Å². The minimum absolute atomic E-state index is 0.227. The van der Waals surface area contributed by atoms with Gasteiger partial charge < -0.3 is 20.2 Å². The molecule has 0 saturated carbocycles. The van der Waals surface area contributed by atoms with Crippen LogP contribution in [0.1, 0.15) is 12.7 Å². The SMILES string of the molecule is C[C@H](NC(=O)NCc1ccco1)C(=O)O. The zero-order valence-corrected chi connectivity index (χ0v) is 8.19. The van der Waals surface area contributed by atoms with Crippen molar-refractivity contribution in [2.45, 2.75) is 19.5 Å². The first kappa shape index (κ1) is 11.1. The van der Waals surface area contributed by atoms with Gasteiger partial charge in [0.05, 0.1) is 12.8 Å². The highest BCUT2D eigenvalue weighted by Crippen LogP contribution is 1.98. The third-order valence-corrected chi connectivity index (χ3v) is 1.72. The van der Waals surface area contributed by atoms with E-state index in [0.717, 1.165) is 0 Å². The maximum Gasteiger partial charge on any atom is 0.325 e. The Bertz CT molecular complexity index is 334. The van der Waals surface area contributed by atoms with Gasteiger partial charge in [0.2, 0.25) is 0 Å². The van der Waals surface area contributed by atoms with Crippen LogP contribution in [0.3, 0.4) is 0 Å². The van der Waals surface area contributed by atoms with E-state index in [0.29, 0.717) is 5.76 Å². The van der Waals surface area contributed by atoms with E-state index < -0.39 is 18.0 Å². The first-order valence-electron chi connectivity index (χ1n) is 4.39. The number of carboxylic acid groups (broad SMARTS) is 1. The molecule has 1 rings (SSSR count). The van der Waals surface area contributed by atoms with Crippen molar-refractivity contribution in [2.75, 3.05) is 0 Å². The molecule has 3 N–H and O–H groups in total. The summed E-state index contributed by atoms with van der Waals surface area (Å²) in [6, 6.07) is 1.96. The van der Waals surface area contributed by atoms with Crippen molar-refractivity contribution in [1.29, 1.82) is 0 Å². The standard InChI is InChI=1S/C9H12N2O4/c1-6(8(12)13)11-9(14)10-5-7-3-2-4-15-7/h2-4,6H,5H2,1H3,(H,12,13)(H2,10,11,14)/t6-/m0/s1. The highest BCUT2D eigenvalue weighted by Gasteiger charge is 2.13. The van der Waals surface area contributed by atoms with Crippen molar-refractivity contribution >= 4 is 12.0 Å². The van der Waals surface area contributed by atoms with E-state index in [1.165, 1.54) is 13.2 Å². The topological polar surface area (TPSA) is 91.6 Å². The Hall–Kier alpha value is -1.98. The molecule has 6 heteroatoms. The number of carbonyl (C=O) groups excluding carboxylic acids is 1. The van der Waals surface area contributed by atoms with Crippen LogP contribution in [0, 0.1) is 0 Å². The van der Waals surface area contributed by atoms with Gasteiger partial charge >= 0.3 is 12.0 Å². The van der Waals surface area contributed by atoms with Crippen LogP contribution in [-0.4, -0.2) is 23.1 Å². The van der Waals surface area contributed by atoms with Gasteiger partial charge in [-0.25, -0.2) is 4.79 Å². The van der Waals surface area contributed by atoms with Crippen LogP contribution in [0.5, 0.6) is 0 Å². The Morgan fingerprint density at radius 2 is 2.33 bits per heavy atom. The number of urea groups is 1. The summed E-state index contributed by atoms with van der Waals surface area (Å²) in [5.41, 5.74) is 0. The lowest BCUT2D eigenvalue weighted by Crippen LogP contribution is -2.44. The van der Waals surface area contributed by atoms with Gasteiger partial charge in [0.15, 0.2) is 0 Å². The summed E-state index contributed by atoms with van der Waals surface area (Å²) in [6.07, 6.45) is 1.49. The monoisotopic (exact) mass is 212 g/mol. The van der Waals surface area contributed by atoms with Crippen molar-refractivity contribution in [1.82, 2.24) is 10.6 Å². The number of rotatable bonds is 4. The van der Waals surface area contributed by atoms with E-state index in [1.807, 2.05) is 0 Å². The molecule has 0 fully saturated rings. The molecule has 0 aliphatic carbocycles. The number of hydrogen-bond acceptors (Lipinski definition) is 3. The molecule has 0 unspecified atom stereocenters. The fourth-order valence-electron chi connectivity index (χ4n) is 0.890. The van der Waals surface area contributed by atoms with Gasteiger partial charge in [-0.2, -0.15) is 0 Å². The van der Waals surface area contributed by atoms with Gasteiger partial charge in [-0.3, -0.25) is 4.79 Å². The zero-order valence-electron chi connectivity index (χ0n) is 8.19. The molecule has 0 bridgehead atoms. The molecule has 0 saturated heterocycles. The number of nitrogens with one attached hydrogen (secondary N) is 2. The van der Waals surface area contributed by atoms with Crippen molar-refractivity contribution in [3.05, 3.63) is 24.2 Å². The molecule has 0 radical (unpaired) electrons. The predicted molar refractivity (Wildman–Crippen MR) is 51.2 cm³/mol. The average molecular weight is 212 g/mol. The van der Waals surface area contributed by atoms with E-state index in [-0.39, 0.29) is 6.54 Å². The Morgan fingerprint density at radius 1 is 1.60 bits per heavy atom. The first-order valence-corrected chi connectivity index (χ1v) is 4.39. The second-order valence-corrected chi connectivity index (χ2v) is 2.97. The molecule has 1 aromatic rings. The number of furan rings is 1. The average Bonchev–Trinajstić information content (AvgIpc) is 2.66. The molecular weight excluding hydrogens is 200 g/mol. The Balaban J connectivity index is 2.28. The van der Waals surface area contributed by atoms with Gasteiger partial charge in [0.1, 0.15) is 11.8 Å². The summed E-state index contributed by atoms with van der Waals surface area (Å²) < 4.78 is 4.98. The highest BCUT2D eigenvalue weighted by molar-refractivity contribution is 5.82. The lowest BCUT2D eigenvalue weighted by Gasteiger charge is -2.09. The number of carboxylic acids is 1. The molecule has 82 valence electrons. The number of aliphatic carboxylic acids is 1. The molecule has 0 aliphatic heterocycles. The zero-order chi connectivity index (χ0) is 11.3. The van der Waals surface area contributed by atoms with E-state index in [2.05, 4.69) is 10.6 Å². The fraction of sp³-hybridized carbons (Fsp3) is 0.333. The van der Waals surface area contributed by atoms with Crippen molar-refractivity contribution in [2.24, 2.45) is 0 Å². The molecule has 0 aliphatic rings. The van der Waals surface area contributed by atoms with E-state index in [9.17, 15) is 9.59 Å². The van der Waals surface area contributed by atoms with Gasteiger partial charge in [-0.05, 0) is 19.1 Å². The number of amides is 2. The Kier molecular flexibility index (Phi) is 3.73. The van der Waals surface area contributed by atoms with E-state index in [1.54, 1.807) is 12.1 Å². The second kappa shape index (κ2) is 5.04. The molecule has 1 heterocycles. The minimum atomic E-state index is -1.08. The first-order chi connectivity index (χ1) is 7.09. The summed E-state index contributed by atoms with van der Waals surface area (Å²) in [5, 5.41) is 13.2. The predicted octanol–water partition coefficient (Wildman–Crippen LogP) is 0.552. The molecule has 1 aromatic heterocycles. The summed E-state index contributed by atoms with van der Waals surface area (Å²) in [7, 11) is 0. The van der Waals surface area contributed by atoms with Crippen LogP contribution in [0.4, 0.5) is 4.79 Å². The number of carbonyl (C=O) groups is 2. The van der Waals surface area contributed by atoms with Crippen molar-refractivity contribution in [3.63, 3.8) is 0 Å². The normalized spacial score (nSPS) is 11.8. The maximum absolute atomic E-state index is 11.1. The van der Waals surface area contributed by atoms with Crippen molar-refractivity contribution < 1.29 is 19.1 Å². The largest absolute Gasteiger partial charge is 0.480 e. The smallest absolute Gasteiger partial charge is 0.325 e. The maximum atomic E-state index is 11.1. The van der Waals surface area contributed by atoms with Crippen LogP contribution >= 0.6 is 0 Å². The lowest BCUT2D eigenvalue weighted by molar-refractivity contribution is -0.138. The van der Waals surface area contributed by atoms with Crippen LogP contribution in [-0.2, 0) is 11.3 Å². The molecular formula is C9H12N2O4. The second-order valence-electron chi connectivity index (χ2n) is 2.97. The van der Waals surface area contributed by atoms with Crippen LogP contribution < -0.4 is 10.6 Å². The fourth-order valence-corrected chi connectivity index (χ4v) is 0.890. The third-order valence-electron chi connectivity index (χ3n) is 1.72. The Morgan fingerprint density at radius 3 is 2.87 bits per heavy atom. The molecule has 1 atom stereocenters.